The molecule has 6 heteroatoms. The summed E-state index contributed by atoms with van der Waals surface area (Å²) in [4.78, 5) is 26.8. The van der Waals surface area contributed by atoms with Crippen molar-refractivity contribution in [1.82, 2.24) is 4.90 Å². The molecule has 1 aliphatic heterocycles. The van der Waals surface area contributed by atoms with Gasteiger partial charge in [0, 0.05) is 23.8 Å². The van der Waals surface area contributed by atoms with Gasteiger partial charge in [-0.3, -0.25) is 9.59 Å². The fourth-order valence-electron chi connectivity index (χ4n) is 2.27. The molecular formula is C16H21ClN2O3. The first-order valence-corrected chi connectivity index (χ1v) is 7.65. The molecule has 5 nitrogen and oxygen atoms in total. The first-order valence-electron chi connectivity index (χ1n) is 7.27. The van der Waals surface area contributed by atoms with Gasteiger partial charge in [-0.25, -0.2) is 0 Å². The van der Waals surface area contributed by atoms with Gasteiger partial charge in [-0.1, -0.05) is 17.7 Å². The van der Waals surface area contributed by atoms with Crippen molar-refractivity contribution >= 4 is 29.1 Å². The molecule has 0 radical (unpaired) electrons. The number of morpholine rings is 1. The Hall–Kier alpha value is -1.59. The summed E-state index contributed by atoms with van der Waals surface area (Å²) in [5.41, 5.74) is 0.374. The summed E-state index contributed by atoms with van der Waals surface area (Å²) in [6.45, 7) is 7.22. The topological polar surface area (TPSA) is 58.6 Å². The number of halogens is 1. The van der Waals surface area contributed by atoms with E-state index in [9.17, 15) is 9.59 Å². The van der Waals surface area contributed by atoms with E-state index in [-0.39, 0.29) is 11.8 Å². The van der Waals surface area contributed by atoms with Crippen molar-refractivity contribution < 1.29 is 14.3 Å². The van der Waals surface area contributed by atoms with Gasteiger partial charge in [0.25, 0.3) is 0 Å². The van der Waals surface area contributed by atoms with Gasteiger partial charge in [-0.2, -0.15) is 0 Å². The molecular weight excluding hydrogens is 304 g/mol. The van der Waals surface area contributed by atoms with Crippen LogP contribution in [-0.4, -0.2) is 43.0 Å². The van der Waals surface area contributed by atoms with Gasteiger partial charge in [0.1, 0.15) is 5.41 Å². The third-order valence-corrected chi connectivity index (χ3v) is 4.08. The number of aryl methyl sites for hydroxylation is 1. The smallest absolute Gasteiger partial charge is 0.239 e. The lowest BCUT2D eigenvalue weighted by atomic mass is 9.89. The van der Waals surface area contributed by atoms with E-state index in [1.165, 1.54) is 0 Å². The summed E-state index contributed by atoms with van der Waals surface area (Å²) >= 11 is 5.96. The molecule has 0 saturated carbocycles. The normalized spacial score (nSPS) is 15.5. The maximum Gasteiger partial charge on any atom is 0.239 e. The Labute approximate surface area is 135 Å². The average Bonchev–Trinajstić information content (AvgIpc) is 2.51. The van der Waals surface area contributed by atoms with Crippen molar-refractivity contribution in [3.8, 4) is 0 Å². The van der Waals surface area contributed by atoms with Gasteiger partial charge in [0.05, 0.1) is 13.2 Å². The van der Waals surface area contributed by atoms with E-state index in [1.807, 2.05) is 13.0 Å². The van der Waals surface area contributed by atoms with Crippen LogP contribution in [0, 0.1) is 12.3 Å². The number of carbonyl (C=O) groups excluding carboxylic acids is 2. The molecule has 1 aliphatic rings. The molecule has 0 aliphatic carbocycles. The number of anilines is 1. The van der Waals surface area contributed by atoms with E-state index >= 15 is 0 Å². The molecule has 1 heterocycles. The van der Waals surface area contributed by atoms with E-state index in [0.29, 0.717) is 37.0 Å². The average molecular weight is 325 g/mol. The van der Waals surface area contributed by atoms with Gasteiger partial charge >= 0.3 is 0 Å². The van der Waals surface area contributed by atoms with Crippen LogP contribution in [0.3, 0.4) is 0 Å². The molecule has 1 fully saturated rings. The van der Waals surface area contributed by atoms with Crippen LogP contribution in [0.2, 0.25) is 5.02 Å². The third kappa shape index (κ3) is 3.59. The number of rotatable bonds is 3. The van der Waals surface area contributed by atoms with Gasteiger partial charge in [0.2, 0.25) is 11.8 Å². The molecule has 0 aromatic heterocycles. The van der Waals surface area contributed by atoms with Crippen molar-refractivity contribution in [2.45, 2.75) is 20.8 Å². The lowest BCUT2D eigenvalue weighted by Crippen LogP contribution is -2.51. The van der Waals surface area contributed by atoms with Crippen molar-refractivity contribution in [1.29, 1.82) is 0 Å². The standard InChI is InChI=1S/C16H21ClN2O3/c1-11-4-5-12(17)10-13(11)18-14(20)16(2,3)15(21)19-6-8-22-9-7-19/h4-5,10H,6-9H2,1-3H3,(H,18,20). The molecule has 0 spiro atoms. The van der Waals surface area contributed by atoms with E-state index < -0.39 is 5.41 Å². The minimum atomic E-state index is -1.15. The number of ether oxygens (including phenoxy) is 1. The molecule has 22 heavy (non-hydrogen) atoms. The molecule has 120 valence electrons. The predicted octanol–water partition coefficient (Wildman–Crippen LogP) is 2.47. The fourth-order valence-corrected chi connectivity index (χ4v) is 2.44. The van der Waals surface area contributed by atoms with Crippen LogP contribution in [0.1, 0.15) is 19.4 Å². The van der Waals surface area contributed by atoms with Gasteiger partial charge in [0.15, 0.2) is 0 Å². The molecule has 1 N–H and O–H groups in total. The Morgan fingerprint density at radius 3 is 2.55 bits per heavy atom. The van der Waals surface area contributed by atoms with Crippen molar-refractivity contribution in [3.63, 3.8) is 0 Å². The maximum atomic E-state index is 12.6. The molecule has 0 unspecified atom stereocenters. The first-order chi connectivity index (χ1) is 10.3. The van der Waals surface area contributed by atoms with Gasteiger partial charge in [-0.15, -0.1) is 0 Å². The minimum Gasteiger partial charge on any atom is -0.378 e. The van der Waals surface area contributed by atoms with E-state index in [4.69, 9.17) is 16.3 Å². The van der Waals surface area contributed by atoms with Crippen LogP contribution in [0.25, 0.3) is 0 Å². The highest BCUT2D eigenvalue weighted by Crippen LogP contribution is 2.25. The van der Waals surface area contributed by atoms with Crippen LogP contribution in [0.15, 0.2) is 18.2 Å². The molecule has 0 bridgehead atoms. The van der Waals surface area contributed by atoms with Crippen molar-refractivity contribution in [2.75, 3.05) is 31.6 Å². The molecule has 1 saturated heterocycles. The summed E-state index contributed by atoms with van der Waals surface area (Å²) < 4.78 is 5.24. The minimum absolute atomic E-state index is 0.187. The Kier molecular flexibility index (Phi) is 5.08. The SMILES string of the molecule is Cc1ccc(Cl)cc1NC(=O)C(C)(C)C(=O)N1CCOCC1. The second-order valence-electron chi connectivity index (χ2n) is 5.94. The number of carbonyl (C=O) groups is 2. The quantitative estimate of drug-likeness (QED) is 0.869. The summed E-state index contributed by atoms with van der Waals surface area (Å²) in [5.74, 6) is -0.526. The molecule has 2 amide bonds. The lowest BCUT2D eigenvalue weighted by molar-refractivity contribution is -0.149. The van der Waals surface area contributed by atoms with E-state index in [2.05, 4.69) is 5.32 Å². The number of nitrogens with one attached hydrogen (secondary N) is 1. The molecule has 1 aromatic carbocycles. The number of hydrogen-bond donors (Lipinski definition) is 1. The monoisotopic (exact) mass is 324 g/mol. The summed E-state index contributed by atoms with van der Waals surface area (Å²) in [7, 11) is 0. The lowest BCUT2D eigenvalue weighted by Gasteiger charge is -2.33. The second-order valence-corrected chi connectivity index (χ2v) is 6.38. The van der Waals surface area contributed by atoms with Crippen molar-refractivity contribution in [3.05, 3.63) is 28.8 Å². The van der Waals surface area contributed by atoms with Gasteiger partial charge < -0.3 is 15.0 Å². The van der Waals surface area contributed by atoms with Crippen LogP contribution >= 0.6 is 11.6 Å². The summed E-state index contributed by atoms with van der Waals surface area (Å²) in [5, 5.41) is 3.35. The van der Waals surface area contributed by atoms with Gasteiger partial charge in [-0.05, 0) is 38.5 Å². The van der Waals surface area contributed by atoms with Crippen LogP contribution in [-0.2, 0) is 14.3 Å². The van der Waals surface area contributed by atoms with Crippen LogP contribution < -0.4 is 5.32 Å². The Balaban J connectivity index is 2.12. The number of amides is 2. The fraction of sp³-hybridized carbons (Fsp3) is 0.500. The van der Waals surface area contributed by atoms with E-state index in [0.717, 1.165) is 5.56 Å². The Morgan fingerprint density at radius 2 is 1.91 bits per heavy atom. The Bertz CT molecular complexity index is 581. The molecule has 2 rings (SSSR count). The second kappa shape index (κ2) is 6.67. The third-order valence-electron chi connectivity index (χ3n) is 3.85. The highest BCUT2D eigenvalue weighted by Gasteiger charge is 2.39. The Morgan fingerprint density at radius 1 is 1.27 bits per heavy atom. The number of benzene rings is 1. The maximum absolute atomic E-state index is 12.6. The molecule has 0 atom stereocenters. The summed E-state index contributed by atoms with van der Waals surface area (Å²) in [6, 6.07) is 5.27. The number of hydrogen-bond acceptors (Lipinski definition) is 3. The van der Waals surface area contributed by atoms with Crippen LogP contribution in [0.5, 0.6) is 0 Å². The van der Waals surface area contributed by atoms with E-state index in [1.54, 1.807) is 30.9 Å². The zero-order valence-corrected chi connectivity index (χ0v) is 13.9. The predicted molar refractivity (Wildman–Crippen MR) is 86.0 cm³/mol. The zero-order valence-electron chi connectivity index (χ0n) is 13.1. The zero-order chi connectivity index (χ0) is 16.3. The number of nitrogens with zero attached hydrogens (tertiary/aromatic N) is 1. The highest BCUT2D eigenvalue weighted by molar-refractivity contribution is 6.31. The molecule has 1 aromatic rings. The highest BCUT2D eigenvalue weighted by atomic mass is 35.5. The first kappa shape index (κ1) is 16.8. The van der Waals surface area contributed by atoms with Crippen molar-refractivity contribution in [2.24, 2.45) is 5.41 Å². The largest absolute Gasteiger partial charge is 0.378 e. The van der Waals surface area contributed by atoms with Crippen LogP contribution in [0.4, 0.5) is 5.69 Å². The summed E-state index contributed by atoms with van der Waals surface area (Å²) in [6.07, 6.45) is 0.